The van der Waals surface area contributed by atoms with Gasteiger partial charge in [-0.1, -0.05) is 24.3 Å². The maximum absolute atomic E-state index is 9.75. The Kier molecular flexibility index (Phi) is 11.0. The van der Waals surface area contributed by atoms with Crippen molar-refractivity contribution >= 4 is 7.25 Å². The van der Waals surface area contributed by atoms with Crippen molar-refractivity contribution in [1.82, 2.24) is 0 Å². The van der Waals surface area contributed by atoms with Gasteiger partial charge in [-0.3, -0.25) is 0 Å². The van der Waals surface area contributed by atoms with Crippen LogP contribution in [0.1, 0.15) is 25.7 Å². The van der Waals surface area contributed by atoms with Crippen molar-refractivity contribution in [2.24, 2.45) is 0 Å². The zero-order chi connectivity index (χ0) is 10.2. The summed E-state index contributed by atoms with van der Waals surface area (Å²) < 4.78 is 39.0. The summed E-state index contributed by atoms with van der Waals surface area (Å²) in [6.45, 7) is 0. The summed E-state index contributed by atoms with van der Waals surface area (Å²) in [6, 6.07) is 0. The van der Waals surface area contributed by atoms with Crippen molar-refractivity contribution in [2.75, 3.05) is 0 Å². The monoisotopic (exact) mass is 298 g/mol. The van der Waals surface area contributed by atoms with Crippen LogP contribution in [0.25, 0.3) is 0 Å². The van der Waals surface area contributed by atoms with Crippen LogP contribution in [0.5, 0.6) is 0 Å². The van der Waals surface area contributed by atoms with Gasteiger partial charge in [0.1, 0.15) is 0 Å². The Labute approximate surface area is 94.3 Å². The molecule has 0 bridgehead atoms. The Balaban J connectivity index is 0. The first kappa shape index (κ1) is 16.3. The second-order valence-electron chi connectivity index (χ2n) is 2.59. The predicted molar refractivity (Wildman–Crippen MR) is 46.9 cm³/mol. The fourth-order valence-corrected chi connectivity index (χ4v) is 0.856. The average Bonchev–Trinajstić information content (AvgIpc) is 1.79. The van der Waals surface area contributed by atoms with E-state index in [1.54, 1.807) is 0 Å². The van der Waals surface area contributed by atoms with E-state index in [9.17, 15) is 17.3 Å². The molecular formula is C8H12BF4Rh. The minimum atomic E-state index is -6.00. The average molecular weight is 298 g/mol. The molecule has 0 saturated heterocycles. The van der Waals surface area contributed by atoms with Crippen LogP contribution in [0.2, 0.25) is 0 Å². The van der Waals surface area contributed by atoms with Crippen LogP contribution in [0.15, 0.2) is 24.3 Å². The molecule has 1 rings (SSSR count). The van der Waals surface area contributed by atoms with Crippen molar-refractivity contribution in [1.29, 1.82) is 0 Å². The third-order valence-corrected chi connectivity index (χ3v) is 1.33. The molecular weight excluding hydrogens is 286 g/mol. The second kappa shape index (κ2) is 9.44. The number of rotatable bonds is 0. The van der Waals surface area contributed by atoms with E-state index in [2.05, 4.69) is 24.3 Å². The van der Waals surface area contributed by atoms with E-state index in [1.165, 1.54) is 25.7 Å². The first-order valence-corrected chi connectivity index (χ1v) is 4.17. The summed E-state index contributed by atoms with van der Waals surface area (Å²) in [4.78, 5) is 0. The summed E-state index contributed by atoms with van der Waals surface area (Å²) in [5.74, 6) is 0. The molecule has 14 heavy (non-hydrogen) atoms. The smallest absolute Gasteiger partial charge is 0.418 e. The van der Waals surface area contributed by atoms with Gasteiger partial charge in [-0.2, -0.15) is 0 Å². The zero-order valence-electron chi connectivity index (χ0n) is 7.56. The Morgan fingerprint density at radius 3 is 0.929 bits per heavy atom. The van der Waals surface area contributed by atoms with Gasteiger partial charge >= 0.3 is 26.7 Å². The Morgan fingerprint density at radius 2 is 0.786 bits per heavy atom. The van der Waals surface area contributed by atoms with E-state index in [0.717, 1.165) is 0 Å². The van der Waals surface area contributed by atoms with Gasteiger partial charge < -0.3 is 17.3 Å². The molecule has 0 atom stereocenters. The number of hydrogen-bond donors (Lipinski definition) is 0. The van der Waals surface area contributed by atoms with Crippen LogP contribution in [0.4, 0.5) is 17.3 Å². The molecule has 0 aromatic rings. The van der Waals surface area contributed by atoms with E-state index < -0.39 is 7.25 Å². The minimum absolute atomic E-state index is 0. The standard InChI is InChI=1S/C8H12.BF4.Rh/c1-2-4-6-8-7-5-3-1;2-1(3,4)5;/h1-2,7-8H,3-6H2;;/q;-1;+1. The van der Waals surface area contributed by atoms with Gasteiger partial charge in [0.15, 0.2) is 0 Å². The Hall–Kier alpha value is -0.112. The molecule has 84 valence electrons. The molecule has 0 aromatic carbocycles. The van der Waals surface area contributed by atoms with Gasteiger partial charge in [0, 0.05) is 0 Å². The first-order valence-electron chi connectivity index (χ1n) is 4.17. The fourth-order valence-electron chi connectivity index (χ4n) is 0.856. The zero-order valence-corrected chi connectivity index (χ0v) is 9.20. The Bertz CT molecular complexity index is 145. The van der Waals surface area contributed by atoms with Gasteiger partial charge in [0.2, 0.25) is 0 Å². The molecule has 0 unspecified atom stereocenters. The molecule has 0 radical (unpaired) electrons. The maximum atomic E-state index is 9.75. The fraction of sp³-hybridized carbons (Fsp3) is 0.500. The van der Waals surface area contributed by atoms with Crippen molar-refractivity contribution in [3.05, 3.63) is 24.3 Å². The van der Waals surface area contributed by atoms with Crippen LogP contribution in [-0.4, -0.2) is 7.25 Å². The molecule has 0 amide bonds. The van der Waals surface area contributed by atoms with Crippen molar-refractivity contribution < 1.29 is 36.7 Å². The quantitative estimate of drug-likeness (QED) is 0.360. The molecule has 0 fully saturated rings. The SMILES string of the molecule is C1=CCCC=CCC1.F[B-](F)(F)F.[Rh+]. The van der Waals surface area contributed by atoms with Gasteiger partial charge in [-0.25, -0.2) is 0 Å². The van der Waals surface area contributed by atoms with Crippen LogP contribution in [-0.2, 0) is 19.5 Å². The van der Waals surface area contributed by atoms with Gasteiger partial charge in [0.05, 0.1) is 0 Å². The van der Waals surface area contributed by atoms with E-state index in [4.69, 9.17) is 0 Å². The van der Waals surface area contributed by atoms with Gasteiger partial charge in [0.25, 0.3) is 0 Å². The first-order chi connectivity index (χ1) is 6.00. The van der Waals surface area contributed by atoms with Crippen molar-refractivity contribution in [3.8, 4) is 0 Å². The molecule has 0 aliphatic heterocycles. The van der Waals surface area contributed by atoms with Crippen LogP contribution >= 0.6 is 0 Å². The van der Waals surface area contributed by atoms with Gasteiger partial charge in [-0.15, -0.1) is 0 Å². The van der Waals surface area contributed by atoms with Crippen LogP contribution < -0.4 is 0 Å². The predicted octanol–water partition coefficient (Wildman–Crippen LogP) is 3.97. The van der Waals surface area contributed by atoms with E-state index >= 15 is 0 Å². The van der Waals surface area contributed by atoms with E-state index in [0.29, 0.717) is 0 Å². The number of allylic oxidation sites excluding steroid dienone is 4. The van der Waals surface area contributed by atoms with Crippen molar-refractivity contribution in [3.63, 3.8) is 0 Å². The molecule has 0 heterocycles. The number of hydrogen-bond acceptors (Lipinski definition) is 0. The summed E-state index contributed by atoms with van der Waals surface area (Å²) in [7, 11) is -6.00. The largest absolute Gasteiger partial charge is 1.00 e. The Morgan fingerprint density at radius 1 is 0.643 bits per heavy atom. The van der Waals surface area contributed by atoms with E-state index in [-0.39, 0.29) is 19.5 Å². The second-order valence-corrected chi connectivity index (χ2v) is 2.59. The summed E-state index contributed by atoms with van der Waals surface area (Å²) in [5, 5.41) is 0. The molecule has 1 aliphatic rings. The minimum Gasteiger partial charge on any atom is -0.418 e. The van der Waals surface area contributed by atoms with Gasteiger partial charge in [-0.05, 0) is 25.7 Å². The maximum Gasteiger partial charge on any atom is 1.00 e. The molecule has 0 aromatic heterocycles. The molecule has 0 saturated carbocycles. The van der Waals surface area contributed by atoms with E-state index in [1.807, 2.05) is 0 Å². The summed E-state index contributed by atoms with van der Waals surface area (Å²) >= 11 is 0. The third-order valence-electron chi connectivity index (χ3n) is 1.33. The summed E-state index contributed by atoms with van der Waals surface area (Å²) in [6.07, 6.45) is 14.0. The molecule has 6 heteroatoms. The third kappa shape index (κ3) is 22.7. The molecule has 0 spiro atoms. The van der Waals surface area contributed by atoms with Crippen LogP contribution in [0, 0.1) is 0 Å². The molecule has 0 N–H and O–H groups in total. The summed E-state index contributed by atoms with van der Waals surface area (Å²) in [5.41, 5.74) is 0. The molecule has 0 nitrogen and oxygen atoms in total. The number of halogens is 4. The van der Waals surface area contributed by atoms with Crippen LogP contribution in [0.3, 0.4) is 0 Å². The topological polar surface area (TPSA) is 0 Å². The van der Waals surface area contributed by atoms with Crippen molar-refractivity contribution in [2.45, 2.75) is 25.7 Å². The molecule has 1 aliphatic carbocycles. The normalized spacial score (nSPS) is 15.7.